The Bertz CT molecular complexity index is 1210. The fourth-order valence-corrected chi connectivity index (χ4v) is 3.33. The second-order valence-electron chi connectivity index (χ2n) is 6.65. The van der Waals surface area contributed by atoms with Gasteiger partial charge in [-0.15, -0.1) is 0 Å². The number of aromatic nitrogens is 3. The first kappa shape index (κ1) is 19.2. The Morgan fingerprint density at radius 3 is 2.79 bits per heavy atom. The maximum Gasteiger partial charge on any atom is 0.291 e. The molecule has 3 aromatic heterocycles. The lowest BCUT2D eigenvalue weighted by atomic mass is 10.2. The first-order valence-electron chi connectivity index (χ1n) is 8.98. The van der Waals surface area contributed by atoms with Crippen molar-refractivity contribution < 1.29 is 13.9 Å². The molecule has 0 atom stereocenters. The lowest BCUT2D eigenvalue weighted by Crippen LogP contribution is -2.11. The SMILES string of the molecule is COc1ccc2cc(NC(=O)c3ccc(Cn4nc(C)c(Br)c4C)o3)cnc2c1. The number of carbonyl (C=O) groups is 1. The molecule has 7 nitrogen and oxygen atoms in total. The third-order valence-electron chi connectivity index (χ3n) is 4.63. The highest BCUT2D eigenvalue weighted by molar-refractivity contribution is 9.10. The van der Waals surface area contributed by atoms with Crippen LogP contribution in [0.15, 0.2) is 51.5 Å². The van der Waals surface area contributed by atoms with Gasteiger partial charge in [0.05, 0.1) is 46.9 Å². The molecular weight excluding hydrogens is 436 g/mol. The maximum atomic E-state index is 12.6. The fraction of sp³-hybridized carbons (Fsp3) is 0.190. The summed E-state index contributed by atoms with van der Waals surface area (Å²) in [4.78, 5) is 16.9. The number of fused-ring (bicyclic) bond motifs is 1. The Morgan fingerprint density at radius 2 is 2.07 bits per heavy atom. The van der Waals surface area contributed by atoms with Crippen molar-refractivity contribution in [2.45, 2.75) is 20.4 Å². The van der Waals surface area contributed by atoms with Gasteiger partial charge in [-0.1, -0.05) is 0 Å². The molecule has 0 aliphatic carbocycles. The van der Waals surface area contributed by atoms with Gasteiger partial charge in [-0.3, -0.25) is 14.5 Å². The van der Waals surface area contributed by atoms with E-state index in [9.17, 15) is 4.79 Å². The standard InChI is InChI=1S/C21H19BrN4O3/c1-12-20(22)13(2)26(25-12)11-17-6-7-19(29-17)21(27)24-15-8-14-4-5-16(28-3)9-18(14)23-10-15/h4-10H,11H2,1-3H3,(H,24,27). The normalized spacial score (nSPS) is 11.0. The van der Waals surface area contributed by atoms with Crippen molar-refractivity contribution in [1.29, 1.82) is 0 Å². The van der Waals surface area contributed by atoms with E-state index in [4.69, 9.17) is 9.15 Å². The Kier molecular flexibility index (Phi) is 5.10. The molecule has 0 radical (unpaired) electrons. The van der Waals surface area contributed by atoms with Crippen molar-refractivity contribution in [1.82, 2.24) is 14.8 Å². The summed E-state index contributed by atoms with van der Waals surface area (Å²) in [5.41, 5.74) is 3.30. The zero-order chi connectivity index (χ0) is 20.5. The van der Waals surface area contributed by atoms with Crippen LogP contribution in [0.5, 0.6) is 5.75 Å². The van der Waals surface area contributed by atoms with Crippen molar-refractivity contribution in [3.8, 4) is 5.75 Å². The van der Waals surface area contributed by atoms with Crippen LogP contribution < -0.4 is 10.1 Å². The smallest absolute Gasteiger partial charge is 0.291 e. The van der Waals surface area contributed by atoms with E-state index in [1.54, 1.807) is 25.4 Å². The summed E-state index contributed by atoms with van der Waals surface area (Å²) in [5.74, 6) is 1.28. The summed E-state index contributed by atoms with van der Waals surface area (Å²) in [7, 11) is 1.61. The minimum atomic E-state index is -0.333. The summed E-state index contributed by atoms with van der Waals surface area (Å²) in [6, 6.07) is 10.9. The molecule has 0 aliphatic heterocycles. The zero-order valence-electron chi connectivity index (χ0n) is 16.2. The number of aryl methyl sites for hydroxylation is 1. The summed E-state index contributed by atoms with van der Waals surface area (Å²) < 4.78 is 13.7. The number of hydrogen-bond donors (Lipinski definition) is 1. The highest BCUT2D eigenvalue weighted by Crippen LogP contribution is 2.23. The number of methoxy groups -OCH3 is 1. The summed E-state index contributed by atoms with van der Waals surface area (Å²) in [5, 5.41) is 8.19. The van der Waals surface area contributed by atoms with Crippen molar-refractivity contribution in [3.05, 3.63) is 70.0 Å². The number of amides is 1. The minimum Gasteiger partial charge on any atom is -0.497 e. The van der Waals surface area contributed by atoms with Gasteiger partial charge in [0.1, 0.15) is 11.5 Å². The average Bonchev–Trinajstić information content (AvgIpc) is 3.28. The first-order chi connectivity index (χ1) is 13.9. The van der Waals surface area contributed by atoms with Gasteiger partial charge in [-0.25, -0.2) is 0 Å². The van der Waals surface area contributed by atoms with Crippen molar-refractivity contribution in [2.24, 2.45) is 0 Å². The molecule has 0 saturated carbocycles. The van der Waals surface area contributed by atoms with Gasteiger partial charge >= 0.3 is 0 Å². The number of hydrogen-bond acceptors (Lipinski definition) is 5. The molecular formula is C21H19BrN4O3. The molecule has 3 heterocycles. The average molecular weight is 455 g/mol. The van der Waals surface area contributed by atoms with E-state index < -0.39 is 0 Å². The molecule has 0 aliphatic rings. The molecule has 29 heavy (non-hydrogen) atoms. The number of carbonyl (C=O) groups excluding carboxylic acids is 1. The van der Waals surface area contributed by atoms with Crippen LogP contribution in [0.25, 0.3) is 10.9 Å². The number of rotatable bonds is 5. The lowest BCUT2D eigenvalue weighted by Gasteiger charge is -2.06. The molecule has 0 unspecified atom stereocenters. The summed E-state index contributed by atoms with van der Waals surface area (Å²) in [6.45, 7) is 4.36. The van der Waals surface area contributed by atoms with E-state index in [2.05, 4.69) is 31.3 Å². The number of benzene rings is 1. The minimum absolute atomic E-state index is 0.232. The van der Waals surface area contributed by atoms with Crippen LogP contribution in [0.3, 0.4) is 0 Å². The Labute approximate surface area is 175 Å². The lowest BCUT2D eigenvalue weighted by molar-refractivity contribution is 0.0994. The van der Waals surface area contributed by atoms with Crippen molar-refractivity contribution in [3.63, 3.8) is 0 Å². The molecule has 0 spiro atoms. The van der Waals surface area contributed by atoms with Crippen LogP contribution in [0, 0.1) is 13.8 Å². The van der Waals surface area contributed by atoms with Crippen molar-refractivity contribution in [2.75, 3.05) is 12.4 Å². The second-order valence-corrected chi connectivity index (χ2v) is 7.44. The highest BCUT2D eigenvalue weighted by Gasteiger charge is 2.15. The molecule has 1 aromatic carbocycles. The van der Waals surface area contributed by atoms with Crippen LogP contribution in [0.1, 0.15) is 27.7 Å². The van der Waals surface area contributed by atoms with Gasteiger partial charge in [0.25, 0.3) is 5.91 Å². The van der Waals surface area contributed by atoms with Gasteiger partial charge in [-0.2, -0.15) is 5.10 Å². The Hall–Kier alpha value is -3.13. The van der Waals surface area contributed by atoms with Gasteiger partial charge in [-0.05, 0) is 60.1 Å². The molecule has 1 N–H and O–H groups in total. The number of pyridine rings is 1. The number of ether oxygens (including phenoxy) is 1. The van der Waals surface area contributed by atoms with E-state index in [0.29, 0.717) is 18.0 Å². The van der Waals surface area contributed by atoms with Crippen LogP contribution >= 0.6 is 15.9 Å². The van der Waals surface area contributed by atoms with E-state index in [-0.39, 0.29) is 11.7 Å². The first-order valence-corrected chi connectivity index (χ1v) is 9.77. The number of furan rings is 1. The third kappa shape index (κ3) is 3.88. The second kappa shape index (κ2) is 7.71. The number of nitrogens with zero attached hydrogens (tertiary/aromatic N) is 3. The van der Waals surface area contributed by atoms with Crippen LogP contribution in [0.2, 0.25) is 0 Å². The van der Waals surface area contributed by atoms with Crippen LogP contribution in [-0.4, -0.2) is 27.8 Å². The number of nitrogens with one attached hydrogen (secondary N) is 1. The topological polar surface area (TPSA) is 82.2 Å². The molecule has 148 valence electrons. The van der Waals surface area contributed by atoms with Gasteiger partial charge in [0, 0.05) is 11.5 Å². The van der Waals surface area contributed by atoms with Gasteiger partial charge in [0.15, 0.2) is 5.76 Å². The molecule has 4 aromatic rings. The van der Waals surface area contributed by atoms with Gasteiger partial charge < -0.3 is 14.5 Å². The maximum absolute atomic E-state index is 12.6. The molecule has 0 saturated heterocycles. The molecule has 0 fully saturated rings. The predicted octanol–water partition coefficient (Wildman–Crippen LogP) is 4.71. The van der Waals surface area contributed by atoms with E-state index in [0.717, 1.165) is 32.5 Å². The summed E-state index contributed by atoms with van der Waals surface area (Å²) in [6.07, 6.45) is 1.61. The molecule has 1 amide bonds. The van der Waals surface area contributed by atoms with Gasteiger partial charge in [0.2, 0.25) is 0 Å². The predicted molar refractivity (Wildman–Crippen MR) is 113 cm³/mol. The molecule has 8 heteroatoms. The van der Waals surface area contributed by atoms with E-state index in [1.807, 2.05) is 42.8 Å². The van der Waals surface area contributed by atoms with E-state index >= 15 is 0 Å². The molecule has 4 rings (SSSR count). The monoisotopic (exact) mass is 454 g/mol. The highest BCUT2D eigenvalue weighted by atomic mass is 79.9. The quantitative estimate of drug-likeness (QED) is 0.471. The summed E-state index contributed by atoms with van der Waals surface area (Å²) >= 11 is 3.51. The van der Waals surface area contributed by atoms with Crippen LogP contribution in [0.4, 0.5) is 5.69 Å². The molecule has 0 bridgehead atoms. The zero-order valence-corrected chi connectivity index (χ0v) is 17.8. The van der Waals surface area contributed by atoms with Crippen LogP contribution in [-0.2, 0) is 6.54 Å². The van der Waals surface area contributed by atoms with Crippen molar-refractivity contribution >= 4 is 38.4 Å². The van der Waals surface area contributed by atoms with E-state index in [1.165, 1.54) is 0 Å². The largest absolute Gasteiger partial charge is 0.497 e. The number of halogens is 1. The Morgan fingerprint density at radius 1 is 1.24 bits per heavy atom. The number of anilines is 1. The Balaban J connectivity index is 1.49. The third-order valence-corrected chi connectivity index (χ3v) is 5.78. The fourth-order valence-electron chi connectivity index (χ4n) is 3.05.